The molecule has 27 heavy (non-hydrogen) atoms. The number of Topliss-reactive ketones (excluding diaryl/α,β-unsaturated/α-hetero) is 1. The summed E-state index contributed by atoms with van der Waals surface area (Å²) in [6, 6.07) is 15.3. The molecule has 4 nitrogen and oxygen atoms in total. The van der Waals surface area contributed by atoms with Crippen LogP contribution in [0, 0.1) is 0 Å². The van der Waals surface area contributed by atoms with Crippen LogP contribution in [0.25, 0.3) is 11.1 Å². The van der Waals surface area contributed by atoms with Crippen molar-refractivity contribution in [3.8, 4) is 11.1 Å². The first kappa shape index (κ1) is 19.3. The smallest absolute Gasteiger partial charge is 0.254 e. The second-order valence-corrected chi connectivity index (χ2v) is 7.10. The van der Waals surface area contributed by atoms with Crippen LogP contribution >= 0.6 is 0 Å². The second kappa shape index (κ2) is 8.96. The average molecular weight is 365 g/mol. The number of carbonyl (C=O) groups excluding carboxylic acids is 2. The second-order valence-electron chi connectivity index (χ2n) is 7.10. The molecule has 1 saturated heterocycles. The van der Waals surface area contributed by atoms with Gasteiger partial charge in [0.15, 0.2) is 5.78 Å². The van der Waals surface area contributed by atoms with Gasteiger partial charge in [-0.2, -0.15) is 0 Å². The normalized spacial score (nSPS) is 17.0. The molecule has 3 rings (SSSR count). The zero-order valence-corrected chi connectivity index (χ0v) is 15.9. The summed E-state index contributed by atoms with van der Waals surface area (Å²) in [5.41, 5.74) is 3.23. The SMILES string of the molecule is CCC(=O)c1cccc(-c2cccc(C(=O)N3CCCCC3CCO)c2)c1. The Balaban J connectivity index is 1.87. The summed E-state index contributed by atoms with van der Waals surface area (Å²) in [4.78, 5) is 27.0. The molecule has 1 aliphatic heterocycles. The van der Waals surface area contributed by atoms with Crippen molar-refractivity contribution in [3.05, 3.63) is 59.7 Å². The van der Waals surface area contributed by atoms with Crippen molar-refractivity contribution in [2.24, 2.45) is 0 Å². The van der Waals surface area contributed by atoms with Crippen molar-refractivity contribution < 1.29 is 14.7 Å². The van der Waals surface area contributed by atoms with E-state index in [-0.39, 0.29) is 24.3 Å². The highest BCUT2D eigenvalue weighted by Crippen LogP contribution is 2.25. The zero-order chi connectivity index (χ0) is 19.2. The largest absolute Gasteiger partial charge is 0.396 e. The van der Waals surface area contributed by atoms with E-state index in [1.807, 2.05) is 60.4 Å². The van der Waals surface area contributed by atoms with Crippen molar-refractivity contribution in [1.29, 1.82) is 0 Å². The van der Waals surface area contributed by atoms with Crippen LogP contribution in [0.1, 0.15) is 59.7 Å². The van der Waals surface area contributed by atoms with Crippen LogP contribution in [0.15, 0.2) is 48.5 Å². The Morgan fingerprint density at radius 2 is 1.70 bits per heavy atom. The minimum Gasteiger partial charge on any atom is -0.396 e. The minimum absolute atomic E-state index is 0.0239. The molecule has 4 heteroatoms. The third-order valence-corrected chi connectivity index (χ3v) is 5.30. The highest BCUT2D eigenvalue weighted by atomic mass is 16.3. The van der Waals surface area contributed by atoms with Gasteiger partial charge in [-0.3, -0.25) is 9.59 Å². The number of aliphatic hydroxyl groups is 1. The quantitative estimate of drug-likeness (QED) is 0.776. The molecule has 2 aromatic rings. The predicted octanol–water partition coefficient (Wildman–Crippen LogP) is 4.32. The fourth-order valence-electron chi connectivity index (χ4n) is 3.79. The zero-order valence-electron chi connectivity index (χ0n) is 15.9. The molecule has 0 bridgehead atoms. The molecule has 1 heterocycles. The molecule has 0 radical (unpaired) electrons. The topological polar surface area (TPSA) is 57.6 Å². The number of carbonyl (C=O) groups is 2. The molecule has 1 unspecified atom stereocenters. The van der Waals surface area contributed by atoms with Crippen molar-refractivity contribution in [2.75, 3.05) is 13.2 Å². The third-order valence-electron chi connectivity index (χ3n) is 5.30. The maximum Gasteiger partial charge on any atom is 0.254 e. The number of nitrogens with zero attached hydrogens (tertiary/aromatic N) is 1. The Labute approximate surface area is 160 Å². The number of aliphatic hydroxyl groups excluding tert-OH is 1. The van der Waals surface area contributed by atoms with Crippen molar-refractivity contribution in [2.45, 2.75) is 45.1 Å². The summed E-state index contributed by atoms with van der Waals surface area (Å²) in [7, 11) is 0. The summed E-state index contributed by atoms with van der Waals surface area (Å²) in [6.45, 7) is 2.71. The number of piperidine rings is 1. The van der Waals surface area contributed by atoms with Gasteiger partial charge in [-0.05, 0) is 55.0 Å². The maximum absolute atomic E-state index is 13.1. The molecule has 0 saturated carbocycles. The van der Waals surface area contributed by atoms with Gasteiger partial charge in [-0.25, -0.2) is 0 Å². The lowest BCUT2D eigenvalue weighted by Gasteiger charge is -2.35. The molecule has 0 spiro atoms. The lowest BCUT2D eigenvalue weighted by atomic mass is 9.96. The number of likely N-dealkylation sites (tertiary alicyclic amines) is 1. The summed E-state index contributed by atoms with van der Waals surface area (Å²) in [5.74, 6) is 0.139. The lowest BCUT2D eigenvalue weighted by molar-refractivity contribution is 0.0574. The van der Waals surface area contributed by atoms with E-state index in [2.05, 4.69) is 0 Å². The number of amides is 1. The molecular formula is C23H27NO3. The van der Waals surface area contributed by atoms with Crippen LogP contribution < -0.4 is 0 Å². The Morgan fingerprint density at radius 3 is 2.37 bits per heavy atom. The van der Waals surface area contributed by atoms with Crippen LogP contribution in [0.4, 0.5) is 0 Å². The standard InChI is InChI=1S/C23H27NO3/c1-2-22(26)19-9-5-7-17(15-19)18-8-6-10-20(16-18)23(27)24-13-4-3-11-21(24)12-14-25/h5-10,15-16,21,25H,2-4,11-14H2,1H3. The van der Waals surface area contributed by atoms with Gasteiger partial charge in [-0.1, -0.05) is 37.3 Å². The highest BCUT2D eigenvalue weighted by Gasteiger charge is 2.27. The minimum atomic E-state index is 0.0239. The van der Waals surface area contributed by atoms with Gasteiger partial charge < -0.3 is 10.0 Å². The first-order valence-corrected chi connectivity index (χ1v) is 9.79. The number of ketones is 1. The Kier molecular flexibility index (Phi) is 6.40. The first-order chi connectivity index (χ1) is 13.1. The van der Waals surface area contributed by atoms with E-state index in [0.29, 0.717) is 24.0 Å². The van der Waals surface area contributed by atoms with Gasteiger partial charge in [0.2, 0.25) is 0 Å². The molecule has 1 atom stereocenters. The maximum atomic E-state index is 13.1. The van der Waals surface area contributed by atoms with Crippen LogP contribution in [-0.4, -0.2) is 40.9 Å². The van der Waals surface area contributed by atoms with E-state index in [4.69, 9.17) is 0 Å². The van der Waals surface area contributed by atoms with Gasteiger partial charge >= 0.3 is 0 Å². The third kappa shape index (κ3) is 4.45. The molecule has 142 valence electrons. The van der Waals surface area contributed by atoms with E-state index < -0.39 is 0 Å². The summed E-state index contributed by atoms with van der Waals surface area (Å²) in [6.07, 6.45) is 4.17. The molecule has 1 aliphatic rings. The monoisotopic (exact) mass is 365 g/mol. The van der Waals surface area contributed by atoms with Gasteiger partial charge in [0.1, 0.15) is 0 Å². The average Bonchev–Trinajstić information content (AvgIpc) is 2.73. The predicted molar refractivity (Wildman–Crippen MR) is 107 cm³/mol. The summed E-state index contributed by atoms with van der Waals surface area (Å²) in [5, 5.41) is 9.31. The summed E-state index contributed by atoms with van der Waals surface area (Å²) >= 11 is 0. The van der Waals surface area contributed by atoms with E-state index in [0.717, 1.165) is 36.9 Å². The number of rotatable bonds is 6. The number of hydrogen-bond acceptors (Lipinski definition) is 3. The molecule has 1 N–H and O–H groups in total. The molecule has 0 aliphatic carbocycles. The Hall–Kier alpha value is -2.46. The van der Waals surface area contributed by atoms with Crippen molar-refractivity contribution >= 4 is 11.7 Å². The van der Waals surface area contributed by atoms with E-state index in [1.54, 1.807) is 0 Å². The lowest BCUT2D eigenvalue weighted by Crippen LogP contribution is -2.44. The van der Waals surface area contributed by atoms with Crippen LogP contribution in [0.2, 0.25) is 0 Å². The summed E-state index contributed by atoms with van der Waals surface area (Å²) < 4.78 is 0. The molecule has 1 fully saturated rings. The van der Waals surface area contributed by atoms with Crippen LogP contribution in [0.3, 0.4) is 0 Å². The molecular weight excluding hydrogens is 338 g/mol. The number of benzene rings is 2. The van der Waals surface area contributed by atoms with Gasteiger partial charge in [0.25, 0.3) is 5.91 Å². The fourth-order valence-corrected chi connectivity index (χ4v) is 3.79. The Bertz CT molecular complexity index is 813. The van der Waals surface area contributed by atoms with Gasteiger partial charge in [-0.15, -0.1) is 0 Å². The highest BCUT2D eigenvalue weighted by molar-refractivity contribution is 5.98. The Morgan fingerprint density at radius 1 is 1.04 bits per heavy atom. The number of hydrogen-bond donors (Lipinski definition) is 1. The molecule has 1 amide bonds. The fraction of sp³-hybridized carbons (Fsp3) is 0.391. The van der Waals surface area contributed by atoms with Crippen LogP contribution in [0.5, 0.6) is 0 Å². The van der Waals surface area contributed by atoms with Crippen molar-refractivity contribution in [1.82, 2.24) is 4.90 Å². The van der Waals surface area contributed by atoms with Gasteiger partial charge in [0.05, 0.1) is 0 Å². The van der Waals surface area contributed by atoms with Crippen molar-refractivity contribution in [3.63, 3.8) is 0 Å². The van der Waals surface area contributed by atoms with Gasteiger partial charge in [0, 0.05) is 36.7 Å². The van der Waals surface area contributed by atoms with Crippen LogP contribution in [-0.2, 0) is 0 Å². The first-order valence-electron chi connectivity index (χ1n) is 9.79. The molecule has 0 aromatic heterocycles. The molecule has 2 aromatic carbocycles. The van der Waals surface area contributed by atoms with E-state index in [9.17, 15) is 14.7 Å². The van der Waals surface area contributed by atoms with E-state index >= 15 is 0 Å². The van der Waals surface area contributed by atoms with E-state index in [1.165, 1.54) is 0 Å².